The molecule has 1 fully saturated rings. The zero-order valence-corrected chi connectivity index (χ0v) is 13.0. The fraction of sp³-hybridized carbons (Fsp3) is 0.562. The molecule has 0 radical (unpaired) electrons. The van der Waals surface area contributed by atoms with Gasteiger partial charge in [-0.25, -0.2) is 4.98 Å². The number of rotatable bonds is 3. The first-order chi connectivity index (χ1) is 9.69. The number of aliphatic hydroxyl groups is 1. The summed E-state index contributed by atoms with van der Waals surface area (Å²) in [5, 5.41) is 10.4. The van der Waals surface area contributed by atoms with Crippen LogP contribution in [0.2, 0.25) is 0 Å². The Labute approximate surface area is 124 Å². The number of fused-ring (bicyclic) bond motifs is 1. The van der Waals surface area contributed by atoms with Gasteiger partial charge in [-0.3, -0.25) is 0 Å². The van der Waals surface area contributed by atoms with Crippen LogP contribution < -0.4 is 4.90 Å². The number of benzene rings is 1. The molecule has 1 saturated heterocycles. The molecule has 4 heteroatoms. The van der Waals surface area contributed by atoms with E-state index < -0.39 is 0 Å². The quantitative estimate of drug-likeness (QED) is 0.938. The van der Waals surface area contributed by atoms with E-state index in [-0.39, 0.29) is 0 Å². The maximum Gasteiger partial charge on any atom is 0.186 e. The fourth-order valence-electron chi connectivity index (χ4n) is 2.87. The van der Waals surface area contributed by atoms with Crippen molar-refractivity contribution in [3.63, 3.8) is 0 Å². The lowest BCUT2D eigenvalue weighted by atomic mass is 9.98. The Morgan fingerprint density at radius 1 is 1.35 bits per heavy atom. The minimum absolute atomic E-state index is 0.325. The van der Waals surface area contributed by atoms with E-state index in [1.54, 1.807) is 11.3 Å². The first-order valence-corrected chi connectivity index (χ1v) is 8.26. The maximum atomic E-state index is 9.23. The highest BCUT2D eigenvalue weighted by molar-refractivity contribution is 7.22. The second kappa shape index (κ2) is 5.70. The molecule has 0 bridgehead atoms. The summed E-state index contributed by atoms with van der Waals surface area (Å²) in [5.74, 6) is 0.987. The van der Waals surface area contributed by atoms with Crippen LogP contribution in [0.1, 0.15) is 38.2 Å². The summed E-state index contributed by atoms with van der Waals surface area (Å²) in [7, 11) is 0. The zero-order chi connectivity index (χ0) is 14.1. The van der Waals surface area contributed by atoms with E-state index in [0.717, 1.165) is 31.1 Å². The van der Waals surface area contributed by atoms with E-state index in [1.165, 1.54) is 15.8 Å². The Hall–Kier alpha value is -1.13. The third kappa shape index (κ3) is 2.54. The van der Waals surface area contributed by atoms with Crippen LogP contribution in [0.15, 0.2) is 18.2 Å². The van der Waals surface area contributed by atoms with Crippen LogP contribution in [0.25, 0.3) is 10.2 Å². The molecule has 3 nitrogen and oxygen atoms in total. The van der Waals surface area contributed by atoms with E-state index >= 15 is 0 Å². The highest BCUT2D eigenvalue weighted by atomic mass is 32.1. The molecule has 1 aromatic heterocycles. The fourth-order valence-corrected chi connectivity index (χ4v) is 3.92. The summed E-state index contributed by atoms with van der Waals surface area (Å²) in [4.78, 5) is 7.27. The lowest BCUT2D eigenvalue weighted by molar-refractivity contribution is 0.203. The second-order valence-corrected chi connectivity index (χ2v) is 6.97. The van der Waals surface area contributed by atoms with Crippen molar-refractivity contribution in [1.29, 1.82) is 0 Å². The maximum absolute atomic E-state index is 9.23. The summed E-state index contributed by atoms with van der Waals surface area (Å²) in [5.41, 5.74) is 2.52. The van der Waals surface area contributed by atoms with Crippen LogP contribution >= 0.6 is 11.3 Å². The number of para-hydroxylation sites is 1. The normalized spacial score (nSPS) is 17.3. The predicted molar refractivity (Wildman–Crippen MR) is 85.7 cm³/mol. The first kappa shape index (κ1) is 13.8. The highest BCUT2D eigenvalue weighted by Crippen LogP contribution is 2.34. The molecule has 0 aliphatic carbocycles. The van der Waals surface area contributed by atoms with Crippen LogP contribution in [0.3, 0.4) is 0 Å². The van der Waals surface area contributed by atoms with E-state index in [0.29, 0.717) is 18.4 Å². The average Bonchev–Trinajstić information content (AvgIpc) is 2.90. The van der Waals surface area contributed by atoms with Crippen molar-refractivity contribution in [3.8, 4) is 0 Å². The van der Waals surface area contributed by atoms with Gasteiger partial charge in [-0.1, -0.05) is 37.3 Å². The standard InChI is InChI=1S/C16H22N2OS/c1-11(2)13-4-3-5-14-15(13)17-16(20-14)18-8-6-12(10-19)7-9-18/h3-5,11-12,19H,6-10H2,1-2H3. The Bertz CT molecular complexity index is 585. The van der Waals surface area contributed by atoms with Gasteiger partial charge in [0.25, 0.3) is 0 Å². The minimum atomic E-state index is 0.325. The van der Waals surface area contributed by atoms with Crippen LogP contribution in [-0.4, -0.2) is 29.8 Å². The van der Waals surface area contributed by atoms with Gasteiger partial charge in [-0.05, 0) is 36.3 Å². The summed E-state index contributed by atoms with van der Waals surface area (Å²) in [6, 6.07) is 6.50. The van der Waals surface area contributed by atoms with Crippen LogP contribution in [0, 0.1) is 5.92 Å². The minimum Gasteiger partial charge on any atom is -0.396 e. The Morgan fingerprint density at radius 3 is 2.75 bits per heavy atom. The average molecular weight is 290 g/mol. The van der Waals surface area contributed by atoms with Crippen LogP contribution in [-0.2, 0) is 0 Å². The topological polar surface area (TPSA) is 36.4 Å². The number of nitrogens with zero attached hydrogens (tertiary/aromatic N) is 2. The molecule has 1 N–H and O–H groups in total. The number of anilines is 1. The van der Waals surface area contributed by atoms with Crippen molar-refractivity contribution in [1.82, 2.24) is 4.98 Å². The van der Waals surface area contributed by atoms with E-state index in [2.05, 4.69) is 36.9 Å². The lowest BCUT2D eigenvalue weighted by Gasteiger charge is -2.30. The number of hydrogen-bond donors (Lipinski definition) is 1. The van der Waals surface area contributed by atoms with Crippen molar-refractivity contribution >= 4 is 26.7 Å². The second-order valence-electron chi connectivity index (χ2n) is 5.96. The molecule has 0 saturated carbocycles. The van der Waals surface area contributed by atoms with Gasteiger partial charge in [0.05, 0.1) is 10.2 Å². The summed E-state index contributed by atoms with van der Waals surface area (Å²) < 4.78 is 1.29. The summed E-state index contributed by atoms with van der Waals surface area (Å²) in [6.45, 7) is 6.80. The van der Waals surface area contributed by atoms with Gasteiger partial charge in [-0.15, -0.1) is 0 Å². The zero-order valence-electron chi connectivity index (χ0n) is 12.2. The van der Waals surface area contributed by atoms with Crippen molar-refractivity contribution in [2.45, 2.75) is 32.6 Å². The number of aromatic nitrogens is 1. The van der Waals surface area contributed by atoms with Crippen molar-refractivity contribution < 1.29 is 5.11 Å². The summed E-state index contributed by atoms with van der Waals surface area (Å²) >= 11 is 1.80. The van der Waals surface area contributed by atoms with Gasteiger partial charge in [0.1, 0.15) is 0 Å². The Kier molecular flexibility index (Phi) is 3.94. The molecule has 1 aromatic carbocycles. The van der Waals surface area contributed by atoms with E-state index in [4.69, 9.17) is 4.98 Å². The molecule has 108 valence electrons. The van der Waals surface area contributed by atoms with Crippen LogP contribution in [0.4, 0.5) is 5.13 Å². The van der Waals surface area contributed by atoms with Gasteiger partial charge >= 0.3 is 0 Å². The SMILES string of the molecule is CC(C)c1cccc2sc(N3CCC(CO)CC3)nc12. The van der Waals surface area contributed by atoms with Gasteiger partial charge in [0.15, 0.2) is 5.13 Å². The van der Waals surface area contributed by atoms with Gasteiger partial charge in [-0.2, -0.15) is 0 Å². The third-order valence-electron chi connectivity index (χ3n) is 4.20. The number of aliphatic hydroxyl groups excluding tert-OH is 1. The van der Waals surface area contributed by atoms with Gasteiger partial charge in [0, 0.05) is 19.7 Å². The molecule has 0 spiro atoms. The summed E-state index contributed by atoms with van der Waals surface area (Å²) in [6.07, 6.45) is 2.15. The number of piperidine rings is 1. The molecule has 2 heterocycles. The molecule has 0 amide bonds. The highest BCUT2D eigenvalue weighted by Gasteiger charge is 2.21. The monoisotopic (exact) mass is 290 g/mol. The molecule has 1 aliphatic heterocycles. The molecule has 0 unspecified atom stereocenters. The number of thiazole rings is 1. The van der Waals surface area contributed by atoms with Gasteiger partial charge in [0.2, 0.25) is 0 Å². The smallest absolute Gasteiger partial charge is 0.186 e. The largest absolute Gasteiger partial charge is 0.396 e. The van der Waals surface area contributed by atoms with Crippen molar-refractivity contribution in [2.24, 2.45) is 5.92 Å². The molecule has 2 aromatic rings. The first-order valence-electron chi connectivity index (χ1n) is 7.44. The van der Waals surface area contributed by atoms with E-state index in [9.17, 15) is 5.11 Å². The van der Waals surface area contributed by atoms with Crippen molar-refractivity contribution in [3.05, 3.63) is 23.8 Å². The molecule has 20 heavy (non-hydrogen) atoms. The molecule has 0 atom stereocenters. The predicted octanol–water partition coefficient (Wildman–Crippen LogP) is 3.63. The molecule has 3 rings (SSSR count). The van der Waals surface area contributed by atoms with Crippen molar-refractivity contribution in [2.75, 3.05) is 24.6 Å². The van der Waals surface area contributed by atoms with Gasteiger partial charge < -0.3 is 10.0 Å². The molecular weight excluding hydrogens is 268 g/mol. The molecular formula is C16H22N2OS. The third-order valence-corrected chi connectivity index (χ3v) is 5.29. The number of hydrogen-bond acceptors (Lipinski definition) is 4. The Morgan fingerprint density at radius 2 is 2.10 bits per heavy atom. The molecule has 1 aliphatic rings. The Balaban J connectivity index is 1.88. The lowest BCUT2D eigenvalue weighted by Crippen LogP contribution is -2.34. The van der Waals surface area contributed by atoms with E-state index in [1.807, 2.05) is 0 Å². The van der Waals surface area contributed by atoms with Crippen LogP contribution in [0.5, 0.6) is 0 Å².